The maximum absolute atomic E-state index is 12.3. The molecular formula is C15H15N3OS. The van der Waals surface area contributed by atoms with Gasteiger partial charge in [-0.3, -0.25) is 9.20 Å². The second-order valence-corrected chi connectivity index (χ2v) is 5.71. The summed E-state index contributed by atoms with van der Waals surface area (Å²) in [6.07, 6.45) is 1.78. The smallest absolute Gasteiger partial charge is 0.275 e. The molecule has 3 rings (SSSR count). The zero-order valence-electron chi connectivity index (χ0n) is 11.6. The van der Waals surface area contributed by atoms with Crippen molar-refractivity contribution in [1.29, 1.82) is 0 Å². The maximum Gasteiger partial charge on any atom is 0.275 e. The van der Waals surface area contributed by atoms with Crippen molar-refractivity contribution in [2.24, 2.45) is 0 Å². The first-order valence-electron chi connectivity index (χ1n) is 6.37. The van der Waals surface area contributed by atoms with E-state index in [2.05, 4.69) is 10.3 Å². The Bertz CT molecular complexity index is 780. The van der Waals surface area contributed by atoms with Gasteiger partial charge in [-0.25, -0.2) is 4.98 Å². The topological polar surface area (TPSA) is 46.4 Å². The first-order valence-corrected chi connectivity index (χ1v) is 7.25. The number of hydrogen-bond acceptors (Lipinski definition) is 3. The molecular weight excluding hydrogens is 270 g/mol. The van der Waals surface area contributed by atoms with E-state index >= 15 is 0 Å². The summed E-state index contributed by atoms with van der Waals surface area (Å²) in [6, 6.07) is 5.95. The molecule has 0 spiro atoms. The van der Waals surface area contributed by atoms with Gasteiger partial charge in [0.15, 0.2) is 4.96 Å². The van der Waals surface area contributed by atoms with Crippen LogP contribution in [0, 0.1) is 20.8 Å². The fourth-order valence-electron chi connectivity index (χ4n) is 2.19. The molecule has 0 aliphatic carbocycles. The Morgan fingerprint density at radius 3 is 2.60 bits per heavy atom. The molecule has 1 amide bonds. The fraction of sp³-hybridized carbons (Fsp3) is 0.200. The van der Waals surface area contributed by atoms with Crippen molar-refractivity contribution in [3.05, 3.63) is 52.3 Å². The summed E-state index contributed by atoms with van der Waals surface area (Å²) in [5.74, 6) is -0.169. The lowest BCUT2D eigenvalue weighted by Crippen LogP contribution is -2.14. The summed E-state index contributed by atoms with van der Waals surface area (Å²) < 4.78 is 1.93. The van der Waals surface area contributed by atoms with E-state index in [1.807, 2.05) is 48.8 Å². The quantitative estimate of drug-likeness (QED) is 0.782. The van der Waals surface area contributed by atoms with Crippen LogP contribution in [0.3, 0.4) is 0 Å². The predicted molar refractivity (Wildman–Crippen MR) is 81.7 cm³/mol. The summed E-state index contributed by atoms with van der Waals surface area (Å²) in [7, 11) is 0. The summed E-state index contributed by atoms with van der Waals surface area (Å²) in [6.45, 7) is 5.97. The Labute approximate surface area is 121 Å². The van der Waals surface area contributed by atoms with Crippen LogP contribution in [0.2, 0.25) is 0 Å². The molecule has 0 aliphatic heterocycles. The van der Waals surface area contributed by atoms with Crippen LogP contribution in [0.4, 0.5) is 5.69 Å². The first-order chi connectivity index (χ1) is 9.56. The van der Waals surface area contributed by atoms with Crippen LogP contribution < -0.4 is 5.32 Å². The third-order valence-corrected chi connectivity index (χ3v) is 4.30. The molecule has 0 atom stereocenters. The van der Waals surface area contributed by atoms with Gasteiger partial charge in [-0.1, -0.05) is 18.2 Å². The molecule has 1 aromatic carbocycles. The molecule has 0 unspecified atom stereocenters. The number of fused-ring (bicyclic) bond motifs is 1. The largest absolute Gasteiger partial charge is 0.320 e. The second kappa shape index (κ2) is 4.76. The molecule has 2 aromatic heterocycles. The molecule has 20 heavy (non-hydrogen) atoms. The van der Waals surface area contributed by atoms with Crippen LogP contribution in [-0.4, -0.2) is 15.3 Å². The summed E-state index contributed by atoms with van der Waals surface area (Å²) in [5, 5.41) is 4.98. The van der Waals surface area contributed by atoms with Gasteiger partial charge < -0.3 is 5.32 Å². The van der Waals surface area contributed by atoms with Gasteiger partial charge in [-0.15, -0.1) is 11.3 Å². The molecule has 4 nitrogen and oxygen atoms in total. The molecule has 3 aromatic rings. The number of hydrogen-bond donors (Lipinski definition) is 1. The lowest BCUT2D eigenvalue weighted by molar-refractivity contribution is 0.102. The van der Waals surface area contributed by atoms with Crippen molar-refractivity contribution in [3.8, 4) is 0 Å². The van der Waals surface area contributed by atoms with Crippen LogP contribution >= 0.6 is 11.3 Å². The highest BCUT2D eigenvalue weighted by molar-refractivity contribution is 7.15. The second-order valence-electron chi connectivity index (χ2n) is 4.88. The van der Waals surface area contributed by atoms with E-state index in [1.165, 1.54) is 11.3 Å². The van der Waals surface area contributed by atoms with Gasteiger partial charge in [-0.2, -0.15) is 0 Å². The Kier molecular flexibility index (Phi) is 3.06. The van der Waals surface area contributed by atoms with Gasteiger partial charge >= 0.3 is 0 Å². The number of aryl methyl sites for hydroxylation is 3. The molecule has 0 bridgehead atoms. The summed E-state index contributed by atoms with van der Waals surface area (Å²) in [4.78, 5) is 17.5. The monoisotopic (exact) mass is 285 g/mol. The number of carbonyl (C=O) groups is 1. The summed E-state index contributed by atoms with van der Waals surface area (Å²) >= 11 is 1.54. The van der Waals surface area contributed by atoms with Crippen LogP contribution in [0.1, 0.15) is 27.3 Å². The van der Waals surface area contributed by atoms with E-state index < -0.39 is 0 Å². The molecule has 102 valence electrons. The SMILES string of the molecule is Cc1cccc(C)c1NC(=O)c1cn2c(C)csc2n1. The normalized spacial score (nSPS) is 10.9. The highest BCUT2D eigenvalue weighted by Gasteiger charge is 2.14. The predicted octanol–water partition coefficient (Wildman–Crippen LogP) is 3.57. The van der Waals surface area contributed by atoms with E-state index in [0.29, 0.717) is 5.69 Å². The number of aromatic nitrogens is 2. The minimum absolute atomic E-state index is 0.169. The van der Waals surface area contributed by atoms with Crippen molar-refractivity contribution < 1.29 is 4.79 Å². The highest BCUT2D eigenvalue weighted by Crippen LogP contribution is 2.21. The van der Waals surface area contributed by atoms with Crippen molar-refractivity contribution >= 4 is 27.9 Å². The number of rotatable bonds is 2. The van der Waals surface area contributed by atoms with Gasteiger partial charge in [0, 0.05) is 23.0 Å². The zero-order valence-corrected chi connectivity index (χ0v) is 12.4. The standard InChI is InChI=1S/C15H15N3OS/c1-9-5-4-6-10(2)13(9)17-14(19)12-7-18-11(3)8-20-15(18)16-12/h4-8H,1-3H3,(H,17,19). The van der Waals surface area contributed by atoms with Crippen LogP contribution in [0.15, 0.2) is 29.8 Å². The molecule has 2 heterocycles. The van der Waals surface area contributed by atoms with Crippen LogP contribution in [0.5, 0.6) is 0 Å². The Hall–Kier alpha value is -2.14. The first kappa shape index (κ1) is 12.9. The molecule has 0 saturated carbocycles. The maximum atomic E-state index is 12.3. The van der Waals surface area contributed by atoms with Gasteiger partial charge in [0.25, 0.3) is 5.91 Å². The number of benzene rings is 1. The average Bonchev–Trinajstić information content (AvgIpc) is 2.97. The number of thiazole rings is 1. The van der Waals surface area contributed by atoms with Crippen LogP contribution in [0.25, 0.3) is 4.96 Å². The Balaban J connectivity index is 1.93. The van der Waals surface area contributed by atoms with Crippen molar-refractivity contribution in [2.75, 3.05) is 5.32 Å². The third-order valence-electron chi connectivity index (χ3n) is 3.34. The van der Waals surface area contributed by atoms with Crippen molar-refractivity contribution in [1.82, 2.24) is 9.38 Å². The van der Waals surface area contributed by atoms with E-state index in [9.17, 15) is 4.79 Å². The Morgan fingerprint density at radius 1 is 1.25 bits per heavy atom. The molecule has 0 aliphatic rings. The summed E-state index contributed by atoms with van der Waals surface area (Å²) in [5.41, 5.74) is 4.50. The number of carbonyl (C=O) groups excluding carboxylic acids is 1. The van der Waals surface area contributed by atoms with E-state index in [4.69, 9.17) is 0 Å². The zero-order chi connectivity index (χ0) is 14.3. The minimum atomic E-state index is -0.169. The van der Waals surface area contributed by atoms with E-state index in [-0.39, 0.29) is 5.91 Å². The van der Waals surface area contributed by atoms with Gasteiger partial charge in [0.1, 0.15) is 5.69 Å². The lowest BCUT2D eigenvalue weighted by Gasteiger charge is -2.10. The highest BCUT2D eigenvalue weighted by atomic mass is 32.1. The number of nitrogens with one attached hydrogen (secondary N) is 1. The van der Waals surface area contributed by atoms with Crippen molar-refractivity contribution in [2.45, 2.75) is 20.8 Å². The molecule has 1 N–H and O–H groups in total. The Morgan fingerprint density at radius 2 is 1.95 bits per heavy atom. The van der Waals surface area contributed by atoms with Crippen LogP contribution in [-0.2, 0) is 0 Å². The average molecular weight is 285 g/mol. The molecule has 0 saturated heterocycles. The van der Waals surface area contributed by atoms with Crippen molar-refractivity contribution in [3.63, 3.8) is 0 Å². The van der Waals surface area contributed by atoms with E-state index in [0.717, 1.165) is 27.5 Å². The van der Waals surface area contributed by atoms with E-state index in [1.54, 1.807) is 6.20 Å². The number of para-hydroxylation sites is 1. The lowest BCUT2D eigenvalue weighted by atomic mass is 10.1. The van der Waals surface area contributed by atoms with Gasteiger partial charge in [-0.05, 0) is 31.9 Å². The van der Waals surface area contributed by atoms with Gasteiger partial charge in [0.2, 0.25) is 0 Å². The molecule has 0 radical (unpaired) electrons. The number of anilines is 1. The minimum Gasteiger partial charge on any atom is -0.320 e. The number of amides is 1. The number of nitrogens with zero attached hydrogens (tertiary/aromatic N) is 2. The fourth-order valence-corrected chi connectivity index (χ4v) is 3.04. The molecule has 0 fully saturated rings. The molecule has 5 heteroatoms. The number of imidazole rings is 1. The third kappa shape index (κ3) is 2.10. The van der Waals surface area contributed by atoms with Gasteiger partial charge in [0.05, 0.1) is 0 Å².